The third kappa shape index (κ3) is 43.9. The standard InChI is InChI=1S/C50H86O5/c1-3-5-7-9-11-13-15-17-19-21-23-24-25-27-28-30-32-34-36-38-40-42-44-49(52)54-47-48(46-51)55-50(53)45-43-41-39-37-35-33-31-29-26-22-20-18-16-14-12-10-8-6-4-2/h6,8,12,14,18,20,26,29,33,35,39,41,48,51H,3-5,7,9-11,13,15-17,19,21-25,27-28,30-32,34,36-38,40,42-47H2,1-2H3/b8-6-,14-12-,20-18-,29-26-,35-33-,41-39-. The molecular weight excluding hydrogens is 681 g/mol. The molecule has 0 aliphatic rings. The Kier molecular flexibility index (Phi) is 43.5. The van der Waals surface area contributed by atoms with Crippen molar-refractivity contribution in [2.24, 2.45) is 0 Å². The molecule has 0 radical (unpaired) electrons. The van der Waals surface area contributed by atoms with Crippen LogP contribution in [0.1, 0.15) is 213 Å². The first-order valence-corrected chi connectivity index (χ1v) is 23.0. The molecule has 316 valence electrons. The first-order valence-electron chi connectivity index (χ1n) is 23.0. The predicted molar refractivity (Wildman–Crippen MR) is 237 cm³/mol. The minimum absolute atomic E-state index is 0.0969. The molecule has 0 aromatic rings. The summed E-state index contributed by atoms with van der Waals surface area (Å²) in [6.45, 7) is 3.98. The zero-order valence-electron chi connectivity index (χ0n) is 35.9. The number of allylic oxidation sites excluding steroid dienone is 12. The third-order valence-corrected chi connectivity index (χ3v) is 9.78. The van der Waals surface area contributed by atoms with Gasteiger partial charge in [0.25, 0.3) is 0 Å². The van der Waals surface area contributed by atoms with Crippen LogP contribution in [0.15, 0.2) is 72.9 Å². The quantitative estimate of drug-likeness (QED) is 0.0381. The molecule has 0 aliphatic heterocycles. The zero-order valence-corrected chi connectivity index (χ0v) is 35.9. The van der Waals surface area contributed by atoms with E-state index >= 15 is 0 Å². The minimum Gasteiger partial charge on any atom is -0.462 e. The van der Waals surface area contributed by atoms with Crippen LogP contribution in [-0.4, -0.2) is 36.4 Å². The molecule has 0 spiro atoms. The maximum absolute atomic E-state index is 12.2. The van der Waals surface area contributed by atoms with Crippen molar-refractivity contribution < 1.29 is 24.2 Å². The van der Waals surface area contributed by atoms with Crippen molar-refractivity contribution in [3.63, 3.8) is 0 Å². The fourth-order valence-electron chi connectivity index (χ4n) is 6.35. The van der Waals surface area contributed by atoms with Crippen LogP contribution in [0.5, 0.6) is 0 Å². The Balaban J connectivity index is 3.61. The van der Waals surface area contributed by atoms with Gasteiger partial charge in [-0.05, 0) is 51.4 Å². The number of rotatable bonds is 41. The largest absolute Gasteiger partial charge is 0.462 e. The normalized spacial score (nSPS) is 12.9. The van der Waals surface area contributed by atoms with Crippen LogP contribution in [0.4, 0.5) is 0 Å². The summed E-state index contributed by atoms with van der Waals surface area (Å²) in [5.41, 5.74) is 0. The third-order valence-electron chi connectivity index (χ3n) is 9.78. The monoisotopic (exact) mass is 767 g/mol. The molecule has 1 atom stereocenters. The first-order chi connectivity index (χ1) is 27.1. The molecule has 55 heavy (non-hydrogen) atoms. The van der Waals surface area contributed by atoms with Crippen molar-refractivity contribution in [1.82, 2.24) is 0 Å². The van der Waals surface area contributed by atoms with E-state index in [2.05, 4.69) is 74.6 Å². The van der Waals surface area contributed by atoms with Gasteiger partial charge in [0.1, 0.15) is 6.61 Å². The molecule has 0 aromatic heterocycles. The van der Waals surface area contributed by atoms with E-state index in [9.17, 15) is 14.7 Å². The number of carbonyl (C=O) groups is 2. The van der Waals surface area contributed by atoms with Crippen molar-refractivity contribution in [3.05, 3.63) is 72.9 Å². The lowest BCUT2D eigenvalue weighted by molar-refractivity contribution is -0.161. The topological polar surface area (TPSA) is 72.8 Å². The summed E-state index contributed by atoms with van der Waals surface area (Å²) in [7, 11) is 0. The predicted octanol–water partition coefficient (Wildman–Crippen LogP) is 14.9. The lowest BCUT2D eigenvalue weighted by Gasteiger charge is -2.15. The molecule has 0 heterocycles. The molecule has 0 aliphatic carbocycles. The second-order valence-corrected chi connectivity index (χ2v) is 15.1. The number of aliphatic hydroxyl groups excluding tert-OH is 1. The molecule has 0 saturated carbocycles. The number of carbonyl (C=O) groups excluding carboxylic acids is 2. The Hall–Kier alpha value is -2.66. The van der Waals surface area contributed by atoms with Crippen LogP contribution in [0.25, 0.3) is 0 Å². The molecule has 5 heteroatoms. The van der Waals surface area contributed by atoms with Gasteiger partial charge in [-0.25, -0.2) is 0 Å². The lowest BCUT2D eigenvalue weighted by Crippen LogP contribution is -2.28. The minimum atomic E-state index is -0.814. The van der Waals surface area contributed by atoms with Gasteiger partial charge in [0.05, 0.1) is 6.61 Å². The highest BCUT2D eigenvalue weighted by Gasteiger charge is 2.15. The second-order valence-electron chi connectivity index (χ2n) is 15.1. The highest BCUT2D eigenvalue weighted by molar-refractivity contribution is 5.70. The highest BCUT2D eigenvalue weighted by Crippen LogP contribution is 2.16. The summed E-state index contributed by atoms with van der Waals surface area (Å²) >= 11 is 0. The average molecular weight is 767 g/mol. The Labute approximate surface area is 340 Å². The number of hydrogen-bond acceptors (Lipinski definition) is 5. The summed E-state index contributed by atoms with van der Waals surface area (Å²) in [6, 6.07) is 0. The fourth-order valence-corrected chi connectivity index (χ4v) is 6.35. The van der Waals surface area contributed by atoms with Crippen LogP contribution in [0, 0.1) is 0 Å². The molecule has 0 bridgehead atoms. The number of aliphatic hydroxyl groups is 1. The average Bonchev–Trinajstić information content (AvgIpc) is 3.19. The Morgan fingerprint density at radius 2 is 0.782 bits per heavy atom. The summed E-state index contributed by atoms with van der Waals surface area (Å²) < 4.78 is 10.6. The van der Waals surface area contributed by atoms with Gasteiger partial charge < -0.3 is 14.6 Å². The Bertz CT molecular complexity index is 1000. The van der Waals surface area contributed by atoms with Crippen molar-refractivity contribution in [1.29, 1.82) is 0 Å². The van der Waals surface area contributed by atoms with E-state index in [0.717, 1.165) is 57.8 Å². The molecule has 0 amide bonds. The van der Waals surface area contributed by atoms with E-state index in [-0.39, 0.29) is 25.6 Å². The number of esters is 2. The number of unbranched alkanes of at least 4 members (excludes halogenated alkanes) is 21. The molecule has 0 saturated heterocycles. The molecule has 1 N–H and O–H groups in total. The second kappa shape index (κ2) is 45.7. The lowest BCUT2D eigenvalue weighted by atomic mass is 10.0. The van der Waals surface area contributed by atoms with Crippen molar-refractivity contribution in [3.8, 4) is 0 Å². The van der Waals surface area contributed by atoms with Crippen LogP contribution >= 0.6 is 0 Å². The van der Waals surface area contributed by atoms with Crippen molar-refractivity contribution in [2.45, 2.75) is 219 Å². The van der Waals surface area contributed by atoms with Gasteiger partial charge in [0.15, 0.2) is 6.10 Å². The summed E-state index contributed by atoms with van der Waals surface area (Å²) in [5, 5.41) is 9.58. The van der Waals surface area contributed by atoms with Gasteiger partial charge in [-0.1, -0.05) is 222 Å². The van der Waals surface area contributed by atoms with E-state index in [1.165, 1.54) is 122 Å². The van der Waals surface area contributed by atoms with Gasteiger partial charge in [-0.3, -0.25) is 9.59 Å². The summed E-state index contributed by atoms with van der Waals surface area (Å²) in [4.78, 5) is 24.3. The zero-order chi connectivity index (χ0) is 40.0. The molecule has 1 unspecified atom stereocenters. The molecule has 0 rings (SSSR count). The van der Waals surface area contributed by atoms with Crippen LogP contribution in [0.3, 0.4) is 0 Å². The molecular formula is C50H86O5. The van der Waals surface area contributed by atoms with Crippen LogP contribution in [-0.2, 0) is 19.1 Å². The number of ether oxygens (including phenoxy) is 2. The Morgan fingerprint density at radius 1 is 0.436 bits per heavy atom. The van der Waals surface area contributed by atoms with Gasteiger partial charge in [-0.2, -0.15) is 0 Å². The van der Waals surface area contributed by atoms with E-state index in [1.807, 2.05) is 12.2 Å². The smallest absolute Gasteiger partial charge is 0.306 e. The molecule has 0 aromatic carbocycles. The molecule has 5 nitrogen and oxygen atoms in total. The maximum Gasteiger partial charge on any atom is 0.306 e. The van der Waals surface area contributed by atoms with Gasteiger partial charge in [0, 0.05) is 12.8 Å². The fraction of sp³-hybridized carbons (Fsp3) is 0.720. The summed E-state index contributed by atoms with van der Waals surface area (Å²) in [6.07, 6.45) is 61.4. The highest BCUT2D eigenvalue weighted by atomic mass is 16.6. The number of hydrogen-bond donors (Lipinski definition) is 1. The van der Waals surface area contributed by atoms with E-state index in [4.69, 9.17) is 9.47 Å². The van der Waals surface area contributed by atoms with Crippen LogP contribution < -0.4 is 0 Å². The van der Waals surface area contributed by atoms with Gasteiger partial charge >= 0.3 is 11.9 Å². The van der Waals surface area contributed by atoms with Crippen molar-refractivity contribution >= 4 is 11.9 Å². The summed E-state index contributed by atoms with van der Waals surface area (Å²) in [5.74, 6) is -0.685. The van der Waals surface area contributed by atoms with Crippen LogP contribution in [0.2, 0.25) is 0 Å². The maximum atomic E-state index is 12.2. The molecule has 0 fully saturated rings. The van der Waals surface area contributed by atoms with Crippen molar-refractivity contribution in [2.75, 3.05) is 13.2 Å². The Morgan fingerprint density at radius 3 is 1.15 bits per heavy atom. The first kappa shape index (κ1) is 52.3. The van der Waals surface area contributed by atoms with E-state index in [0.29, 0.717) is 12.8 Å². The van der Waals surface area contributed by atoms with E-state index in [1.54, 1.807) is 0 Å². The SMILES string of the molecule is CC/C=C\C/C=C\C/C=C\C/C=C\C/C=C\C/C=C\CCC(=O)OC(CO)COC(=O)CCCCCCCCCCCCCCCCCCCCCCCC. The van der Waals surface area contributed by atoms with Gasteiger partial charge in [0.2, 0.25) is 0 Å². The van der Waals surface area contributed by atoms with Gasteiger partial charge in [-0.15, -0.1) is 0 Å². The van der Waals surface area contributed by atoms with E-state index < -0.39 is 12.1 Å².